The number of rotatable bonds is 6. The van der Waals surface area contributed by atoms with Crippen molar-refractivity contribution in [1.82, 2.24) is 4.90 Å². The van der Waals surface area contributed by atoms with E-state index in [0.29, 0.717) is 13.3 Å². The highest BCUT2D eigenvalue weighted by Gasteiger charge is 1.94. The van der Waals surface area contributed by atoms with Gasteiger partial charge in [-0.15, -0.1) is 0 Å². The lowest BCUT2D eigenvalue weighted by Gasteiger charge is -2.13. The Kier molecular flexibility index (Phi) is 6.91. The molecule has 0 unspecified atom stereocenters. The summed E-state index contributed by atoms with van der Waals surface area (Å²) in [6.45, 7) is 6.26. The van der Waals surface area contributed by atoms with Gasteiger partial charge in [0, 0.05) is 0 Å². The predicted molar refractivity (Wildman–Crippen MR) is 40.5 cm³/mol. The van der Waals surface area contributed by atoms with Gasteiger partial charge in [-0.2, -0.15) is 0 Å². The Bertz CT molecular complexity index is 68.6. The van der Waals surface area contributed by atoms with Crippen molar-refractivity contribution in [3.8, 4) is 0 Å². The Hall–Kier alpha value is -0.120. The summed E-state index contributed by atoms with van der Waals surface area (Å²) in [6.07, 6.45) is 1.14. The fraction of sp³-hybridized carbons (Fsp3) is 1.00. The average molecular weight is 147 g/mol. The van der Waals surface area contributed by atoms with Gasteiger partial charge in [-0.3, -0.25) is 4.90 Å². The highest BCUT2D eigenvalue weighted by atomic mass is 17.2. The Balaban J connectivity index is 2.97. The van der Waals surface area contributed by atoms with Gasteiger partial charge in [0.15, 0.2) is 0 Å². The zero-order valence-corrected chi connectivity index (χ0v) is 7.09. The lowest BCUT2D eigenvalue weighted by molar-refractivity contribution is -0.310. The second-order valence-electron chi connectivity index (χ2n) is 2.23. The minimum Gasteiger partial charge on any atom is -0.281 e. The van der Waals surface area contributed by atoms with E-state index >= 15 is 0 Å². The maximum atomic E-state index is 4.82. The Morgan fingerprint density at radius 1 is 1.20 bits per heavy atom. The predicted octanol–water partition coefficient (Wildman–Crippen LogP) is 1.25. The summed E-state index contributed by atoms with van der Waals surface area (Å²) in [4.78, 5) is 11.6. The first kappa shape index (κ1) is 9.88. The number of hydrogen-bond donors (Lipinski definition) is 0. The zero-order chi connectivity index (χ0) is 7.82. The van der Waals surface area contributed by atoms with Crippen LogP contribution in [0.3, 0.4) is 0 Å². The fourth-order valence-electron chi connectivity index (χ4n) is 0.657. The van der Waals surface area contributed by atoms with E-state index in [4.69, 9.17) is 9.78 Å². The molecular weight excluding hydrogens is 130 g/mol. The lowest BCUT2D eigenvalue weighted by atomic mass is 10.5. The summed E-state index contributed by atoms with van der Waals surface area (Å²) in [5.74, 6) is 0. The van der Waals surface area contributed by atoms with E-state index in [1.54, 1.807) is 0 Å². The standard InChI is InChI=1S/C7H17NO2/c1-4-6-8(3)7-10-9-5-2/h4-7H2,1-3H3. The van der Waals surface area contributed by atoms with Gasteiger partial charge in [0.05, 0.1) is 6.61 Å². The molecule has 3 heteroatoms. The van der Waals surface area contributed by atoms with E-state index in [2.05, 4.69) is 11.8 Å². The van der Waals surface area contributed by atoms with Gasteiger partial charge < -0.3 is 0 Å². The van der Waals surface area contributed by atoms with Gasteiger partial charge in [0.25, 0.3) is 0 Å². The molecular formula is C7H17NO2. The quantitative estimate of drug-likeness (QED) is 0.244. The maximum absolute atomic E-state index is 4.82. The van der Waals surface area contributed by atoms with Crippen LogP contribution in [0.1, 0.15) is 20.3 Å². The van der Waals surface area contributed by atoms with Crippen LogP contribution in [-0.2, 0) is 9.78 Å². The van der Waals surface area contributed by atoms with Crippen LogP contribution in [-0.4, -0.2) is 31.8 Å². The summed E-state index contributed by atoms with van der Waals surface area (Å²) >= 11 is 0. The molecule has 0 aromatic heterocycles. The number of nitrogens with zero attached hydrogens (tertiary/aromatic N) is 1. The minimum atomic E-state index is 0.557. The summed E-state index contributed by atoms with van der Waals surface area (Å²) in [5, 5.41) is 0. The zero-order valence-electron chi connectivity index (χ0n) is 7.09. The molecule has 0 atom stereocenters. The third kappa shape index (κ3) is 6.01. The molecule has 0 spiro atoms. The molecule has 0 aromatic carbocycles. The van der Waals surface area contributed by atoms with Gasteiger partial charge in [0.1, 0.15) is 6.73 Å². The van der Waals surface area contributed by atoms with Crippen molar-refractivity contribution < 1.29 is 9.78 Å². The van der Waals surface area contributed by atoms with Gasteiger partial charge in [-0.25, -0.2) is 9.78 Å². The van der Waals surface area contributed by atoms with Gasteiger partial charge >= 0.3 is 0 Å². The van der Waals surface area contributed by atoms with Crippen molar-refractivity contribution in [2.75, 3.05) is 26.9 Å². The highest BCUT2D eigenvalue weighted by Crippen LogP contribution is 1.87. The Morgan fingerprint density at radius 3 is 2.40 bits per heavy atom. The van der Waals surface area contributed by atoms with Crippen LogP contribution in [0.5, 0.6) is 0 Å². The summed E-state index contributed by atoms with van der Waals surface area (Å²) in [7, 11) is 2.00. The normalized spacial score (nSPS) is 10.8. The van der Waals surface area contributed by atoms with Crippen molar-refractivity contribution in [3.63, 3.8) is 0 Å². The van der Waals surface area contributed by atoms with E-state index in [1.807, 2.05) is 14.0 Å². The molecule has 0 aliphatic carbocycles. The Labute approximate surface area is 62.8 Å². The van der Waals surface area contributed by atoms with Crippen molar-refractivity contribution in [1.29, 1.82) is 0 Å². The molecule has 0 fully saturated rings. The third-order valence-corrected chi connectivity index (χ3v) is 1.08. The van der Waals surface area contributed by atoms with E-state index in [9.17, 15) is 0 Å². The van der Waals surface area contributed by atoms with Gasteiger partial charge in [0.2, 0.25) is 0 Å². The molecule has 0 bridgehead atoms. The summed E-state index contributed by atoms with van der Waals surface area (Å²) in [6, 6.07) is 0. The van der Waals surface area contributed by atoms with Crippen LogP contribution in [0.4, 0.5) is 0 Å². The van der Waals surface area contributed by atoms with Crippen LogP contribution in [0, 0.1) is 0 Å². The molecule has 0 heterocycles. The highest BCUT2D eigenvalue weighted by molar-refractivity contribution is 4.38. The lowest BCUT2D eigenvalue weighted by Crippen LogP contribution is -2.22. The second kappa shape index (κ2) is 6.99. The molecule has 0 rings (SSSR count). The first-order chi connectivity index (χ1) is 4.81. The average Bonchev–Trinajstić information content (AvgIpc) is 1.89. The molecule has 0 radical (unpaired) electrons. The molecule has 10 heavy (non-hydrogen) atoms. The molecule has 0 aliphatic rings. The molecule has 0 amide bonds. The first-order valence-electron chi connectivity index (χ1n) is 3.74. The van der Waals surface area contributed by atoms with Crippen LogP contribution in [0.25, 0.3) is 0 Å². The molecule has 62 valence electrons. The van der Waals surface area contributed by atoms with Crippen LogP contribution < -0.4 is 0 Å². The monoisotopic (exact) mass is 147 g/mol. The second-order valence-corrected chi connectivity index (χ2v) is 2.23. The molecule has 0 aliphatic heterocycles. The first-order valence-corrected chi connectivity index (χ1v) is 3.74. The van der Waals surface area contributed by atoms with Crippen molar-refractivity contribution in [3.05, 3.63) is 0 Å². The van der Waals surface area contributed by atoms with E-state index in [1.165, 1.54) is 0 Å². The van der Waals surface area contributed by atoms with E-state index < -0.39 is 0 Å². The minimum absolute atomic E-state index is 0.557. The topological polar surface area (TPSA) is 21.7 Å². The molecule has 0 N–H and O–H groups in total. The van der Waals surface area contributed by atoms with Crippen molar-refractivity contribution in [2.45, 2.75) is 20.3 Å². The Morgan fingerprint density at radius 2 is 1.90 bits per heavy atom. The molecule has 0 aromatic rings. The molecule has 3 nitrogen and oxygen atoms in total. The SMILES string of the molecule is CCCN(C)COOCC. The molecule has 0 saturated heterocycles. The van der Waals surface area contributed by atoms with Crippen molar-refractivity contribution in [2.24, 2.45) is 0 Å². The van der Waals surface area contributed by atoms with Crippen LogP contribution >= 0.6 is 0 Å². The largest absolute Gasteiger partial charge is 0.281 e. The van der Waals surface area contributed by atoms with E-state index in [-0.39, 0.29) is 0 Å². The van der Waals surface area contributed by atoms with E-state index in [0.717, 1.165) is 13.0 Å². The summed E-state index contributed by atoms with van der Waals surface area (Å²) < 4.78 is 0. The van der Waals surface area contributed by atoms with Gasteiger partial charge in [-0.05, 0) is 26.9 Å². The number of hydrogen-bond acceptors (Lipinski definition) is 3. The summed E-state index contributed by atoms with van der Waals surface area (Å²) in [5.41, 5.74) is 0. The van der Waals surface area contributed by atoms with Gasteiger partial charge in [-0.1, -0.05) is 6.92 Å². The maximum Gasteiger partial charge on any atom is 0.135 e. The van der Waals surface area contributed by atoms with Crippen LogP contribution in [0.15, 0.2) is 0 Å². The molecule has 0 saturated carbocycles. The van der Waals surface area contributed by atoms with Crippen LogP contribution in [0.2, 0.25) is 0 Å². The fourth-order valence-corrected chi connectivity index (χ4v) is 0.657. The smallest absolute Gasteiger partial charge is 0.135 e. The van der Waals surface area contributed by atoms with Crippen molar-refractivity contribution >= 4 is 0 Å². The third-order valence-electron chi connectivity index (χ3n) is 1.08.